The second kappa shape index (κ2) is 3.41. The second-order valence-corrected chi connectivity index (χ2v) is 2.52. The van der Waals surface area contributed by atoms with Gasteiger partial charge in [-0.15, -0.1) is 0 Å². The molecule has 1 saturated carbocycles. The van der Waals surface area contributed by atoms with E-state index in [4.69, 9.17) is 1.41 Å². The highest BCUT2D eigenvalue weighted by atomic mass is 14.8. The lowest BCUT2D eigenvalue weighted by Gasteiger charge is -2.15. The summed E-state index contributed by atoms with van der Waals surface area (Å²) in [4.78, 5) is 4.00. The van der Waals surface area contributed by atoms with Crippen LogP contribution < -0.4 is 0 Å². The number of nitrogens with zero attached hydrogens (tertiary/aromatic N) is 1. The maximum absolute atomic E-state index is 6.44. The van der Waals surface area contributed by atoms with E-state index in [1.54, 1.807) is 0 Å². The number of hydrogen-bond donors (Lipinski definition) is 1. The van der Waals surface area contributed by atoms with E-state index in [9.17, 15) is 0 Å². The molecular formula is C7H12N2. The molecule has 0 spiro atoms. The van der Waals surface area contributed by atoms with Gasteiger partial charge in [0, 0.05) is 0 Å². The second-order valence-electron chi connectivity index (χ2n) is 2.52. The molecule has 1 fully saturated rings. The number of rotatable bonds is 1. The van der Waals surface area contributed by atoms with Gasteiger partial charge in [-0.3, -0.25) is 0 Å². The predicted octanol–water partition coefficient (Wildman–Crippen LogP) is 2.07. The van der Waals surface area contributed by atoms with E-state index in [-0.39, 0.29) is 0 Å². The van der Waals surface area contributed by atoms with Crippen LogP contribution in [0, 0.1) is 5.40 Å². The van der Waals surface area contributed by atoms with Crippen LogP contribution in [0.4, 0.5) is 0 Å². The Morgan fingerprint density at radius 3 is 2.89 bits per heavy atom. The van der Waals surface area contributed by atoms with Crippen LogP contribution >= 0.6 is 0 Å². The minimum atomic E-state index is 0.405. The summed E-state index contributed by atoms with van der Waals surface area (Å²) in [7, 11) is 0. The van der Waals surface area contributed by atoms with E-state index in [0.29, 0.717) is 6.04 Å². The molecule has 0 aromatic heterocycles. The van der Waals surface area contributed by atoms with Crippen LogP contribution in [0.25, 0.3) is 0 Å². The van der Waals surface area contributed by atoms with Gasteiger partial charge in [-0.25, -0.2) is 10.4 Å². The van der Waals surface area contributed by atoms with Crippen molar-refractivity contribution in [2.45, 2.75) is 38.1 Å². The molecule has 0 atom stereocenters. The minimum absolute atomic E-state index is 0.405. The van der Waals surface area contributed by atoms with Crippen molar-refractivity contribution in [2.24, 2.45) is 4.99 Å². The van der Waals surface area contributed by atoms with Gasteiger partial charge in [-0.2, -0.15) is 0 Å². The summed E-state index contributed by atoms with van der Waals surface area (Å²) >= 11 is 0. The molecule has 50 valence electrons. The molecule has 0 radical (unpaired) electrons. The van der Waals surface area contributed by atoms with Crippen molar-refractivity contribution in [3.63, 3.8) is 0 Å². The molecule has 9 heavy (non-hydrogen) atoms. The topological polar surface area (TPSA) is 36.2 Å². The van der Waals surface area contributed by atoms with Crippen LogP contribution in [0.3, 0.4) is 0 Å². The average molecular weight is 125 g/mol. The molecule has 1 rings (SSSR count). The number of hydrogen-bond acceptors (Lipinski definition) is 2. The summed E-state index contributed by atoms with van der Waals surface area (Å²) in [5.74, 6) is 0. The fourth-order valence-electron chi connectivity index (χ4n) is 1.29. The molecule has 0 aromatic carbocycles. The van der Waals surface area contributed by atoms with Gasteiger partial charge in [0.05, 0.1) is 12.1 Å². The van der Waals surface area contributed by atoms with Gasteiger partial charge in [-0.05, 0) is 12.8 Å². The monoisotopic (exact) mass is 125 g/mol. The first-order valence-electron chi connectivity index (χ1n) is 3.97. The third-order valence-electron chi connectivity index (χ3n) is 1.82. The van der Waals surface area contributed by atoms with E-state index < -0.39 is 0 Å². The molecule has 1 aliphatic carbocycles. The zero-order chi connectivity index (χ0) is 7.23. The molecule has 0 aliphatic heterocycles. The normalized spacial score (nSPS) is 22.0. The first-order chi connectivity index (χ1) is 4.93. The number of nitrogens with one attached hydrogen (secondary N) is 1. The fraction of sp³-hybridized carbons (Fsp3) is 0.857. The maximum atomic E-state index is 6.44. The molecule has 0 bridgehead atoms. The molecule has 2 nitrogen and oxygen atoms in total. The van der Waals surface area contributed by atoms with Gasteiger partial charge >= 0.3 is 0 Å². The van der Waals surface area contributed by atoms with Crippen LogP contribution in [-0.2, 0) is 0 Å². The molecule has 0 amide bonds. The fourth-order valence-corrected chi connectivity index (χ4v) is 1.29. The van der Waals surface area contributed by atoms with E-state index in [1.807, 2.05) is 0 Å². The molecule has 0 aromatic rings. The highest BCUT2D eigenvalue weighted by Gasteiger charge is 2.10. The first kappa shape index (κ1) is 5.19. The first-order valence-corrected chi connectivity index (χ1v) is 3.52. The predicted molar refractivity (Wildman–Crippen MR) is 37.0 cm³/mol. The van der Waals surface area contributed by atoms with Gasteiger partial charge in [0.25, 0.3) is 0 Å². The molecule has 1 aliphatic rings. The van der Waals surface area contributed by atoms with Crippen LogP contribution in [0.15, 0.2) is 4.99 Å². The third-order valence-corrected chi connectivity index (χ3v) is 1.82. The van der Waals surface area contributed by atoms with Gasteiger partial charge < -0.3 is 0 Å². The van der Waals surface area contributed by atoms with E-state index >= 15 is 0 Å². The largest absolute Gasteiger partial charge is 0.242 e. The van der Waals surface area contributed by atoms with Crippen molar-refractivity contribution in [3.8, 4) is 0 Å². The molecule has 2 heteroatoms. The Morgan fingerprint density at radius 1 is 1.44 bits per heavy atom. The van der Waals surface area contributed by atoms with Crippen molar-refractivity contribution in [2.75, 3.05) is 0 Å². The highest BCUT2D eigenvalue weighted by molar-refractivity contribution is 5.36. The SMILES string of the molecule is [2H]N=C=NC1CCCCC1. The van der Waals surface area contributed by atoms with Crippen LogP contribution in [-0.4, -0.2) is 12.1 Å². The lowest BCUT2D eigenvalue weighted by atomic mass is 9.96. The van der Waals surface area contributed by atoms with E-state index in [2.05, 4.69) is 16.4 Å². The summed E-state index contributed by atoms with van der Waals surface area (Å²) in [5, 5.41) is 2.96. The van der Waals surface area contributed by atoms with Crippen molar-refractivity contribution >= 4 is 6.01 Å². The van der Waals surface area contributed by atoms with Crippen LogP contribution in [0.5, 0.6) is 0 Å². The Balaban J connectivity index is 2.32. The molecule has 1 N–H and O–H groups in total. The lowest BCUT2D eigenvalue weighted by molar-refractivity contribution is 0.444. The smallest absolute Gasteiger partial charge is 0.200 e. The Morgan fingerprint density at radius 2 is 2.22 bits per heavy atom. The lowest BCUT2D eigenvalue weighted by Crippen LogP contribution is -2.08. The standard InChI is InChI=1S/C7H12N2/c8-6-9-7-4-2-1-3-5-7/h7-8H,1-5H2/i/hD. The Kier molecular flexibility index (Phi) is 1.97. The highest BCUT2D eigenvalue weighted by Crippen LogP contribution is 2.19. The Labute approximate surface area is 57.0 Å². The zero-order valence-electron chi connectivity index (χ0n) is 6.51. The Hall–Kier alpha value is -0.620. The summed E-state index contributed by atoms with van der Waals surface area (Å²) in [6.45, 7) is 0. The van der Waals surface area contributed by atoms with Gasteiger partial charge in [0.2, 0.25) is 1.41 Å². The molecule has 0 unspecified atom stereocenters. The Bertz CT molecular complexity index is 144. The summed E-state index contributed by atoms with van der Waals surface area (Å²) in [6.07, 6.45) is 6.19. The quantitative estimate of drug-likeness (QED) is 0.521. The van der Waals surface area contributed by atoms with Gasteiger partial charge in [0.15, 0.2) is 0 Å². The van der Waals surface area contributed by atoms with Gasteiger partial charge in [0.1, 0.15) is 0 Å². The van der Waals surface area contributed by atoms with Crippen molar-refractivity contribution in [3.05, 3.63) is 0 Å². The molecule has 0 heterocycles. The van der Waals surface area contributed by atoms with Crippen LogP contribution in [0.1, 0.15) is 32.1 Å². The summed E-state index contributed by atoms with van der Waals surface area (Å²) < 4.78 is 6.44. The zero-order valence-corrected chi connectivity index (χ0v) is 5.51. The van der Waals surface area contributed by atoms with E-state index in [1.165, 1.54) is 19.3 Å². The minimum Gasteiger partial charge on any atom is -0.242 e. The van der Waals surface area contributed by atoms with Crippen molar-refractivity contribution in [1.82, 2.24) is 0 Å². The molecular weight excluding hydrogens is 112 g/mol. The van der Waals surface area contributed by atoms with E-state index in [0.717, 1.165) is 12.8 Å². The maximum Gasteiger partial charge on any atom is 0.200 e. The van der Waals surface area contributed by atoms with Crippen molar-refractivity contribution in [1.29, 1.82) is 5.40 Å². The number of aliphatic imine (C=N–C) groups is 1. The molecule has 0 saturated heterocycles. The van der Waals surface area contributed by atoms with Crippen LogP contribution in [0.2, 0.25) is 1.41 Å². The average Bonchev–Trinajstić information content (AvgIpc) is 2.03. The summed E-state index contributed by atoms with van der Waals surface area (Å²) in [5.41, 5.74) is 0. The summed E-state index contributed by atoms with van der Waals surface area (Å²) in [6, 6.07) is 2.74. The van der Waals surface area contributed by atoms with Gasteiger partial charge in [-0.1, -0.05) is 19.3 Å². The van der Waals surface area contributed by atoms with Crippen molar-refractivity contribution < 1.29 is 1.41 Å². The third kappa shape index (κ3) is 1.98.